The van der Waals surface area contributed by atoms with Crippen LogP contribution in [0.2, 0.25) is 5.02 Å². The molecule has 35 heavy (non-hydrogen) atoms. The van der Waals surface area contributed by atoms with Crippen LogP contribution in [0.5, 0.6) is 0 Å². The van der Waals surface area contributed by atoms with Crippen molar-refractivity contribution in [3.8, 4) is 11.5 Å². The molecule has 3 aromatic rings. The molecule has 5 rings (SSSR count). The molecule has 0 saturated heterocycles. The van der Waals surface area contributed by atoms with Crippen LogP contribution in [0.25, 0.3) is 11.5 Å². The highest BCUT2D eigenvalue weighted by molar-refractivity contribution is 6.31. The molecule has 1 atom stereocenters. The Labute approximate surface area is 211 Å². The summed E-state index contributed by atoms with van der Waals surface area (Å²) >= 11 is 6.47. The Kier molecular flexibility index (Phi) is 6.74. The van der Waals surface area contributed by atoms with E-state index in [9.17, 15) is 9.59 Å². The summed E-state index contributed by atoms with van der Waals surface area (Å²) in [6, 6.07) is 15.0. The summed E-state index contributed by atoms with van der Waals surface area (Å²) in [5.74, 6) is 0.365. The minimum Gasteiger partial charge on any atom is -0.463 e. The van der Waals surface area contributed by atoms with Crippen LogP contribution in [0.15, 0.2) is 59.2 Å². The Morgan fingerprint density at radius 1 is 1.03 bits per heavy atom. The van der Waals surface area contributed by atoms with Gasteiger partial charge >= 0.3 is 0 Å². The third-order valence-electron chi connectivity index (χ3n) is 7.50. The molecular formula is C28H32ClN3O3. The Morgan fingerprint density at radius 2 is 1.74 bits per heavy atom. The van der Waals surface area contributed by atoms with Gasteiger partial charge in [-0.05, 0) is 55.7 Å². The van der Waals surface area contributed by atoms with E-state index in [0.29, 0.717) is 23.0 Å². The van der Waals surface area contributed by atoms with E-state index in [4.69, 9.17) is 16.0 Å². The van der Waals surface area contributed by atoms with Crippen LogP contribution in [0.1, 0.15) is 67.9 Å². The Balaban J connectivity index is 1.51. The number of hydrogen-bond acceptors (Lipinski definition) is 3. The summed E-state index contributed by atoms with van der Waals surface area (Å²) in [6.45, 7) is 2.46. The van der Waals surface area contributed by atoms with Crippen molar-refractivity contribution in [2.45, 2.75) is 76.5 Å². The van der Waals surface area contributed by atoms with Gasteiger partial charge in [-0.1, -0.05) is 61.9 Å². The zero-order chi connectivity index (χ0) is 24.4. The maximum atomic E-state index is 14.0. The molecule has 184 valence electrons. The lowest BCUT2D eigenvalue weighted by molar-refractivity contribution is -0.134. The number of furan rings is 1. The quantitative estimate of drug-likeness (QED) is 0.470. The molecule has 2 amide bonds. The molecule has 0 spiro atoms. The first-order valence-corrected chi connectivity index (χ1v) is 12.9. The van der Waals surface area contributed by atoms with E-state index >= 15 is 0 Å². The second-order valence-electron chi connectivity index (χ2n) is 9.94. The summed E-state index contributed by atoms with van der Waals surface area (Å²) in [6.07, 6.45) is 9.50. The van der Waals surface area contributed by atoms with Crippen molar-refractivity contribution in [2.24, 2.45) is 0 Å². The third-order valence-corrected chi connectivity index (χ3v) is 7.86. The maximum Gasteiger partial charge on any atom is 0.271 e. The van der Waals surface area contributed by atoms with Gasteiger partial charge in [0.1, 0.15) is 17.0 Å². The molecule has 7 heteroatoms. The lowest BCUT2D eigenvalue weighted by Crippen LogP contribution is -2.64. The number of benzene rings is 1. The molecule has 1 unspecified atom stereocenters. The number of fused-ring (bicyclic) bond motifs is 1. The molecule has 1 aliphatic carbocycles. The molecule has 0 radical (unpaired) electrons. The molecule has 1 N–H and O–H groups in total. The summed E-state index contributed by atoms with van der Waals surface area (Å²) in [5.41, 5.74) is 1.06. The van der Waals surface area contributed by atoms with Gasteiger partial charge in [-0.25, -0.2) is 0 Å². The van der Waals surface area contributed by atoms with E-state index in [-0.39, 0.29) is 24.4 Å². The molecule has 2 aromatic heterocycles. The minimum atomic E-state index is -1.09. The first-order chi connectivity index (χ1) is 17.0. The van der Waals surface area contributed by atoms with Crippen LogP contribution in [-0.2, 0) is 17.9 Å². The van der Waals surface area contributed by atoms with E-state index in [1.807, 2.05) is 60.0 Å². The first-order valence-electron chi connectivity index (χ1n) is 12.6. The lowest BCUT2D eigenvalue weighted by Gasteiger charge is -2.45. The van der Waals surface area contributed by atoms with Gasteiger partial charge in [-0.2, -0.15) is 0 Å². The molecule has 1 aliphatic heterocycles. The number of hydrogen-bond donors (Lipinski definition) is 1. The number of aromatic nitrogens is 1. The fourth-order valence-electron chi connectivity index (χ4n) is 5.40. The largest absolute Gasteiger partial charge is 0.463 e. The zero-order valence-corrected chi connectivity index (χ0v) is 20.9. The zero-order valence-electron chi connectivity index (χ0n) is 20.1. The average molecular weight is 494 g/mol. The SMILES string of the molecule is CC1(C(=O)NC2CCCCCCC2)Cn2c(ccc2-c2ccco2)C(=O)N1Cc1ccccc1Cl. The van der Waals surface area contributed by atoms with Gasteiger partial charge in [0, 0.05) is 17.6 Å². The summed E-state index contributed by atoms with van der Waals surface area (Å²) in [4.78, 5) is 29.5. The summed E-state index contributed by atoms with van der Waals surface area (Å²) in [5, 5.41) is 3.91. The van der Waals surface area contributed by atoms with Crippen molar-refractivity contribution in [3.05, 3.63) is 71.1 Å². The standard InChI is InChI=1S/C28H32ClN3O3/c1-28(27(34)30-21-11-5-3-2-4-6-12-21)19-31-23(25-14-9-17-35-25)15-16-24(31)26(33)32(28)18-20-10-7-8-13-22(20)29/h7-10,13-17,21H,2-6,11-12,18-19H2,1H3,(H,30,34). The summed E-state index contributed by atoms with van der Waals surface area (Å²) < 4.78 is 7.55. The predicted octanol–water partition coefficient (Wildman–Crippen LogP) is 6.05. The maximum absolute atomic E-state index is 14.0. The topological polar surface area (TPSA) is 67.5 Å². The lowest BCUT2D eigenvalue weighted by atomic mass is 9.91. The molecule has 2 aliphatic rings. The van der Waals surface area contributed by atoms with Crippen LogP contribution in [0.3, 0.4) is 0 Å². The fraction of sp³-hybridized carbons (Fsp3) is 0.429. The second kappa shape index (κ2) is 9.94. The Morgan fingerprint density at radius 3 is 2.46 bits per heavy atom. The molecule has 3 heterocycles. The van der Waals surface area contributed by atoms with Crippen molar-refractivity contribution in [2.75, 3.05) is 0 Å². The molecular weight excluding hydrogens is 462 g/mol. The van der Waals surface area contributed by atoms with Crippen LogP contribution in [0, 0.1) is 0 Å². The van der Waals surface area contributed by atoms with Crippen LogP contribution in [-0.4, -0.2) is 32.9 Å². The number of amides is 2. The van der Waals surface area contributed by atoms with Gasteiger partial charge in [-0.3, -0.25) is 9.59 Å². The number of carbonyl (C=O) groups is 2. The highest BCUT2D eigenvalue weighted by Crippen LogP contribution is 2.35. The van der Waals surface area contributed by atoms with Gasteiger partial charge < -0.3 is 19.2 Å². The number of rotatable bonds is 5. The molecule has 0 bridgehead atoms. The van der Waals surface area contributed by atoms with E-state index < -0.39 is 5.54 Å². The normalized spacial score (nSPS) is 21.3. The van der Waals surface area contributed by atoms with E-state index in [2.05, 4.69) is 5.32 Å². The van der Waals surface area contributed by atoms with Gasteiger partial charge in [0.2, 0.25) is 5.91 Å². The fourth-order valence-corrected chi connectivity index (χ4v) is 5.59. The molecule has 6 nitrogen and oxygen atoms in total. The highest BCUT2D eigenvalue weighted by atomic mass is 35.5. The Hall–Kier alpha value is -2.99. The second-order valence-corrected chi connectivity index (χ2v) is 10.3. The Bertz CT molecular complexity index is 1190. The predicted molar refractivity (Wildman–Crippen MR) is 136 cm³/mol. The number of halogens is 1. The van der Waals surface area contributed by atoms with Gasteiger partial charge in [0.05, 0.1) is 18.5 Å². The van der Waals surface area contributed by atoms with E-state index in [1.54, 1.807) is 11.2 Å². The van der Waals surface area contributed by atoms with Crippen LogP contribution >= 0.6 is 11.6 Å². The number of carbonyl (C=O) groups excluding carboxylic acids is 2. The average Bonchev–Trinajstić information content (AvgIpc) is 3.49. The van der Waals surface area contributed by atoms with Crippen molar-refractivity contribution < 1.29 is 14.0 Å². The van der Waals surface area contributed by atoms with Crippen molar-refractivity contribution in [1.29, 1.82) is 0 Å². The van der Waals surface area contributed by atoms with Crippen LogP contribution in [0.4, 0.5) is 0 Å². The van der Waals surface area contributed by atoms with Crippen molar-refractivity contribution in [3.63, 3.8) is 0 Å². The summed E-state index contributed by atoms with van der Waals surface area (Å²) in [7, 11) is 0. The molecule has 1 saturated carbocycles. The smallest absolute Gasteiger partial charge is 0.271 e. The van der Waals surface area contributed by atoms with Gasteiger partial charge in [-0.15, -0.1) is 0 Å². The molecule has 1 aromatic carbocycles. The third kappa shape index (κ3) is 4.64. The van der Waals surface area contributed by atoms with Gasteiger partial charge in [0.15, 0.2) is 0 Å². The van der Waals surface area contributed by atoms with E-state index in [1.165, 1.54) is 19.3 Å². The monoisotopic (exact) mass is 493 g/mol. The minimum absolute atomic E-state index is 0.117. The number of nitrogens with zero attached hydrogens (tertiary/aromatic N) is 2. The van der Waals surface area contributed by atoms with E-state index in [0.717, 1.165) is 36.9 Å². The van der Waals surface area contributed by atoms with Crippen molar-refractivity contribution in [1.82, 2.24) is 14.8 Å². The first kappa shape index (κ1) is 23.7. The van der Waals surface area contributed by atoms with Gasteiger partial charge in [0.25, 0.3) is 5.91 Å². The van der Waals surface area contributed by atoms with Crippen molar-refractivity contribution >= 4 is 23.4 Å². The number of nitrogens with one attached hydrogen (secondary N) is 1. The van der Waals surface area contributed by atoms with Crippen LogP contribution < -0.4 is 5.32 Å². The highest BCUT2D eigenvalue weighted by Gasteiger charge is 2.48. The molecule has 1 fully saturated rings.